The lowest BCUT2D eigenvalue weighted by molar-refractivity contribution is -0.151. The van der Waals surface area contributed by atoms with E-state index in [0.717, 1.165) is 5.56 Å². The van der Waals surface area contributed by atoms with Gasteiger partial charge >= 0.3 is 12.1 Å². The van der Waals surface area contributed by atoms with E-state index >= 15 is 0 Å². The standard InChI is InChI=1S/C26H31NO7/c1-6-26(23(28)29)19(17-9-12-20-21(13-17)33-15-32-20)14-27(24(30)34-25(2,3)4)22(26)16-7-10-18(31-5)11-8-16/h7-13,19,22H,6,14-15H2,1-5H3,(H,28,29)/t19-,22-,26-/m0/s1. The van der Waals surface area contributed by atoms with E-state index in [-0.39, 0.29) is 13.3 Å². The third-order valence-electron chi connectivity index (χ3n) is 6.64. The molecule has 3 atom stereocenters. The number of methoxy groups -OCH3 is 1. The summed E-state index contributed by atoms with van der Waals surface area (Å²) in [5.41, 5.74) is -0.535. The fourth-order valence-corrected chi connectivity index (χ4v) is 5.09. The van der Waals surface area contributed by atoms with Crippen LogP contribution in [0.5, 0.6) is 17.2 Å². The van der Waals surface area contributed by atoms with Crippen molar-refractivity contribution in [1.29, 1.82) is 0 Å². The summed E-state index contributed by atoms with van der Waals surface area (Å²) in [6.07, 6.45) is -0.243. The summed E-state index contributed by atoms with van der Waals surface area (Å²) in [6.45, 7) is 7.54. The van der Waals surface area contributed by atoms with Crippen LogP contribution in [-0.4, -0.2) is 48.1 Å². The molecule has 1 saturated heterocycles. The number of carbonyl (C=O) groups is 2. The molecule has 34 heavy (non-hydrogen) atoms. The fraction of sp³-hybridized carbons (Fsp3) is 0.462. The maximum Gasteiger partial charge on any atom is 0.410 e. The molecule has 1 amide bonds. The lowest BCUT2D eigenvalue weighted by Crippen LogP contribution is -2.43. The molecule has 182 valence electrons. The van der Waals surface area contributed by atoms with Gasteiger partial charge in [0, 0.05) is 12.5 Å². The number of carboxylic acids is 1. The van der Waals surface area contributed by atoms with Crippen LogP contribution >= 0.6 is 0 Å². The third-order valence-corrected chi connectivity index (χ3v) is 6.64. The lowest BCUT2D eigenvalue weighted by Gasteiger charge is -2.37. The molecule has 2 heterocycles. The smallest absolute Gasteiger partial charge is 0.410 e. The van der Waals surface area contributed by atoms with Gasteiger partial charge in [-0.05, 0) is 62.6 Å². The number of hydrogen-bond acceptors (Lipinski definition) is 6. The summed E-state index contributed by atoms with van der Waals surface area (Å²) in [4.78, 5) is 28.0. The van der Waals surface area contributed by atoms with Crippen molar-refractivity contribution < 1.29 is 33.6 Å². The van der Waals surface area contributed by atoms with Gasteiger partial charge in [0.1, 0.15) is 16.8 Å². The number of carbonyl (C=O) groups excluding carboxylic acids is 1. The Hall–Kier alpha value is -3.42. The zero-order valence-corrected chi connectivity index (χ0v) is 20.2. The van der Waals surface area contributed by atoms with Crippen molar-refractivity contribution in [2.24, 2.45) is 5.41 Å². The summed E-state index contributed by atoms with van der Waals surface area (Å²) < 4.78 is 22.0. The second-order valence-electron chi connectivity index (χ2n) is 9.67. The number of amides is 1. The Labute approximate surface area is 199 Å². The fourth-order valence-electron chi connectivity index (χ4n) is 5.09. The first-order chi connectivity index (χ1) is 16.1. The molecule has 2 aromatic carbocycles. The Kier molecular flexibility index (Phi) is 6.10. The van der Waals surface area contributed by atoms with Crippen molar-refractivity contribution in [1.82, 2.24) is 4.90 Å². The van der Waals surface area contributed by atoms with Crippen LogP contribution in [0.2, 0.25) is 0 Å². The number of fused-ring (bicyclic) bond motifs is 1. The maximum absolute atomic E-state index is 13.4. The SMILES string of the molecule is CC[C@@]1(C(=O)O)[C@H](c2ccc(OC)cc2)N(C(=O)OC(C)(C)C)C[C@H]1c1ccc2c(c1)OCO2. The normalized spacial score (nSPS) is 23.6. The van der Waals surface area contributed by atoms with Gasteiger partial charge in [-0.2, -0.15) is 0 Å². The van der Waals surface area contributed by atoms with Crippen molar-refractivity contribution >= 4 is 12.1 Å². The molecule has 2 aliphatic heterocycles. The molecule has 1 N–H and O–H groups in total. The highest BCUT2D eigenvalue weighted by atomic mass is 16.7. The number of carboxylic acid groups (broad SMARTS) is 1. The first kappa shape index (κ1) is 23.7. The van der Waals surface area contributed by atoms with Crippen LogP contribution < -0.4 is 14.2 Å². The first-order valence-corrected chi connectivity index (χ1v) is 11.4. The highest BCUT2D eigenvalue weighted by Crippen LogP contribution is 2.58. The molecule has 1 fully saturated rings. The van der Waals surface area contributed by atoms with Gasteiger partial charge in [-0.15, -0.1) is 0 Å². The Morgan fingerprint density at radius 2 is 1.74 bits per heavy atom. The maximum atomic E-state index is 13.4. The van der Waals surface area contributed by atoms with Gasteiger partial charge < -0.3 is 24.1 Å². The number of hydrogen-bond donors (Lipinski definition) is 1. The molecule has 2 aromatic rings. The van der Waals surface area contributed by atoms with Crippen molar-refractivity contribution in [2.45, 2.75) is 51.7 Å². The number of rotatable bonds is 5. The minimum atomic E-state index is -1.29. The minimum Gasteiger partial charge on any atom is -0.497 e. The van der Waals surface area contributed by atoms with Crippen LogP contribution in [0, 0.1) is 5.41 Å². The topological polar surface area (TPSA) is 94.5 Å². The van der Waals surface area contributed by atoms with Gasteiger partial charge in [0.2, 0.25) is 6.79 Å². The molecule has 8 heteroatoms. The van der Waals surface area contributed by atoms with Gasteiger partial charge in [0.15, 0.2) is 11.5 Å². The Bertz CT molecular complexity index is 1080. The third kappa shape index (κ3) is 4.02. The molecule has 0 radical (unpaired) electrons. The van der Waals surface area contributed by atoms with E-state index < -0.39 is 35.0 Å². The van der Waals surface area contributed by atoms with E-state index in [2.05, 4.69) is 0 Å². The molecule has 0 bridgehead atoms. The van der Waals surface area contributed by atoms with E-state index in [0.29, 0.717) is 29.2 Å². The first-order valence-electron chi connectivity index (χ1n) is 11.4. The largest absolute Gasteiger partial charge is 0.497 e. The second kappa shape index (κ2) is 8.74. The van der Waals surface area contributed by atoms with Crippen LogP contribution in [0.3, 0.4) is 0 Å². The lowest BCUT2D eigenvalue weighted by atomic mass is 9.67. The number of benzene rings is 2. The van der Waals surface area contributed by atoms with Crippen LogP contribution in [0.25, 0.3) is 0 Å². The van der Waals surface area contributed by atoms with Gasteiger partial charge in [0.25, 0.3) is 0 Å². The van der Waals surface area contributed by atoms with Gasteiger partial charge in [-0.1, -0.05) is 25.1 Å². The highest BCUT2D eigenvalue weighted by molar-refractivity contribution is 5.81. The number of aliphatic carboxylic acids is 1. The molecular formula is C26H31NO7. The van der Waals surface area contributed by atoms with Crippen LogP contribution in [0.4, 0.5) is 4.79 Å². The van der Waals surface area contributed by atoms with E-state index in [9.17, 15) is 14.7 Å². The molecular weight excluding hydrogens is 438 g/mol. The Morgan fingerprint density at radius 3 is 2.32 bits per heavy atom. The molecule has 0 unspecified atom stereocenters. The summed E-state index contributed by atoms with van der Waals surface area (Å²) >= 11 is 0. The number of ether oxygens (including phenoxy) is 4. The van der Waals surface area contributed by atoms with E-state index in [4.69, 9.17) is 18.9 Å². The van der Waals surface area contributed by atoms with E-state index in [1.165, 1.54) is 0 Å². The molecule has 4 rings (SSSR count). The van der Waals surface area contributed by atoms with Crippen molar-refractivity contribution in [3.05, 3.63) is 53.6 Å². The second-order valence-corrected chi connectivity index (χ2v) is 9.67. The molecule has 0 saturated carbocycles. The average molecular weight is 470 g/mol. The zero-order chi connectivity index (χ0) is 24.7. The predicted octanol–water partition coefficient (Wildman–Crippen LogP) is 4.98. The zero-order valence-electron chi connectivity index (χ0n) is 20.2. The minimum absolute atomic E-state index is 0.125. The summed E-state index contributed by atoms with van der Waals surface area (Å²) in [6, 6.07) is 11.9. The average Bonchev–Trinajstić information content (AvgIpc) is 3.40. The summed E-state index contributed by atoms with van der Waals surface area (Å²) in [5, 5.41) is 10.7. The van der Waals surface area contributed by atoms with Crippen molar-refractivity contribution in [2.75, 3.05) is 20.4 Å². The highest BCUT2D eigenvalue weighted by Gasteiger charge is 2.61. The Balaban J connectivity index is 1.86. The molecule has 0 aromatic heterocycles. The Morgan fingerprint density at radius 1 is 1.09 bits per heavy atom. The number of likely N-dealkylation sites (tertiary alicyclic amines) is 1. The van der Waals surface area contributed by atoms with Gasteiger partial charge in [-0.25, -0.2) is 4.79 Å². The van der Waals surface area contributed by atoms with E-state index in [1.54, 1.807) is 51.0 Å². The summed E-state index contributed by atoms with van der Waals surface area (Å²) in [7, 11) is 1.57. The van der Waals surface area contributed by atoms with Gasteiger partial charge in [0.05, 0.1) is 13.2 Å². The van der Waals surface area contributed by atoms with Crippen LogP contribution in [0.1, 0.15) is 57.2 Å². The van der Waals surface area contributed by atoms with Crippen LogP contribution in [-0.2, 0) is 9.53 Å². The van der Waals surface area contributed by atoms with E-state index in [1.807, 2.05) is 31.2 Å². The quantitative estimate of drug-likeness (QED) is 0.660. The van der Waals surface area contributed by atoms with Crippen LogP contribution in [0.15, 0.2) is 42.5 Å². The number of nitrogens with zero attached hydrogens (tertiary/aromatic N) is 1. The monoisotopic (exact) mass is 469 g/mol. The molecule has 0 spiro atoms. The van der Waals surface area contributed by atoms with Crippen molar-refractivity contribution in [3.63, 3.8) is 0 Å². The molecule has 2 aliphatic rings. The van der Waals surface area contributed by atoms with Crippen molar-refractivity contribution in [3.8, 4) is 17.2 Å². The predicted molar refractivity (Wildman–Crippen MR) is 124 cm³/mol. The summed E-state index contributed by atoms with van der Waals surface area (Å²) in [5.74, 6) is 0.378. The molecule has 0 aliphatic carbocycles. The molecule has 8 nitrogen and oxygen atoms in total. The van der Waals surface area contributed by atoms with Gasteiger partial charge in [-0.3, -0.25) is 9.69 Å².